The molecule has 5 nitrogen and oxygen atoms in total. The van der Waals surface area contributed by atoms with Crippen molar-refractivity contribution in [3.05, 3.63) is 51.7 Å². The number of rotatable bonds is 3. The van der Waals surface area contributed by atoms with E-state index >= 15 is 0 Å². The third-order valence-electron chi connectivity index (χ3n) is 1.38. The van der Waals surface area contributed by atoms with Crippen LogP contribution >= 0.6 is 0 Å². The zero-order valence-electron chi connectivity index (χ0n) is 7.11. The molecule has 6 heteroatoms. The van der Waals surface area contributed by atoms with Crippen molar-refractivity contribution in [2.24, 2.45) is 4.52 Å². The highest BCUT2D eigenvalue weighted by atomic mass is 32.2. The molecule has 0 amide bonds. The van der Waals surface area contributed by atoms with Crippen LogP contribution in [0.25, 0.3) is 16.5 Å². The van der Waals surface area contributed by atoms with E-state index in [9.17, 15) is 8.42 Å². The van der Waals surface area contributed by atoms with E-state index in [0.717, 1.165) is 11.0 Å². The van der Waals surface area contributed by atoms with Gasteiger partial charge >= 0.3 is 0 Å². The van der Waals surface area contributed by atoms with Gasteiger partial charge in [0.25, 0.3) is 10.0 Å². The summed E-state index contributed by atoms with van der Waals surface area (Å²) >= 11 is 0. The van der Waals surface area contributed by atoms with Crippen LogP contribution in [0.5, 0.6) is 0 Å². The highest BCUT2D eigenvalue weighted by molar-refractivity contribution is 7.93. The van der Waals surface area contributed by atoms with Gasteiger partial charge in [-0.1, -0.05) is 30.3 Å². The maximum absolute atomic E-state index is 10.9. The van der Waals surface area contributed by atoms with Crippen molar-refractivity contribution in [3.63, 3.8) is 0 Å². The molecular weight excluding hydrogens is 202 g/mol. The first-order chi connectivity index (χ1) is 6.64. The van der Waals surface area contributed by atoms with Crippen molar-refractivity contribution in [1.29, 1.82) is 0 Å². The highest BCUT2D eigenvalue weighted by Gasteiger charge is 1.99. The lowest BCUT2D eigenvalue weighted by Gasteiger charge is -1.89. The summed E-state index contributed by atoms with van der Waals surface area (Å²) < 4.78 is 24.4. The maximum atomic E-state index is 10.9. The van der Waals surface area contributed by atoms with Crippen LogP contribution in [0.4, 0.5) is 0 Å². The van der Waals surface area contributed by atoms with E-state index in [1.165, 1.54) is 6.08 Å². The highest BCUT2D eigenvalue weighted by Crippen LogP contribution is 2.04. The van der Waals surface area contributed by atoms with Gasteiger partial charge in [0.15, 0.2) is 0 Å². The lowest BCUT2D eigenvalue weighted by molar-refractivity contribution is 0.606. The molecule has 0 heterocycles. The summed E-state index contributed by atoms with van der Waals surface area (Å²) in [4.78, 5) is 2.21. The minimum atomic E-state index is -3.80. The molecule has 1 rings (SSSR count). The predicted octanol–water partition coefficient (Wildman–Crippen LogP) is 2.30. The Morgan fingerprint density at radius 1 is 1.29 bits per heavy atom. The van der Waals surface area contributed by atoms with Gasteiger partial charge in [-0.3, -0.25) is 0 Å². The zero-order valence-corrected chi connectivity index (χ0v) is 7.92. The molecule has 0 aliphatic heterocycles. The second-order valence-corrected chi connectivity index (χ2v) is 3.86. The van der Waals surface area contributed by atoms with E-state index < -0.39 is 10.0 Å². The van der Waals surface area contributed by atoms with E-state index in [4.69, 9.17) is 5.53 Å². The predicted molar refractivity (Wildman–Crippen MR) is 53.5 cm³/mol. The van der Waals surface area contributed by atoms with Crippen molar-refractivity contribution in [3.8, 4) is 0 Å². The Morgan fingerprint density at radius 3 is 2.50 bits per heavy atom. The molecule has 0 saturated heterocycles. The molecule has 0 atom stereocenters. The Bertz CT molecular complexity index is 473. The van der Waals surface area contributed by atoms with Crippen LogP contribution in [0.2, 0.25) is 0 Å². The van der Waals surface area contributed by atoms with Crippen molar-refractivity contribution in [1.82, 2.24) is 0 Å². The van der Waals surface area contributed by atoms with Gasteiger partial charge in [0, 0.05) is 14.8 Å². The molecule has 0 bridgehead atoms. The van der Waals surface area contributed by atoms with Crippen molar-refractivity contribution in [2.75, 3.05) is 0 Å². The molecule has 1 aromatic carbocycles. The number of hydrogen-bond acceptors (Lipinski definition) is 2. The van der Waals surface area contributed by atoms with Crippen LogP contribution in [0, 0.1) is 0 Å². The summed E-state index contributed by atoms with van der Waals surface area (Å²) in [5.41, 5.74) is 8.67. The number of azide groups is 1. The van der Waals surface area contributed by atoms with Gasteiger partial charge < -0.3 is 0 Å². The molecule has 0 N–H and O–H groups in total. The van der Waals surface area contributed by atoms with E-state index in [-0.39, 0.29) is 0 Å². The maximum Gasteiger partial charge on any atom is 0.257 e. The normalized spacial score (nSPS) is 11.1. The van der Waals surface area contributed by atoms with Gasteiger partial charge in [0.2, 0.25) is 0 Å². The Balaban J connectivity index is 2.90. The third kappa shape index (κ3) is 3.30. The third-order valence-corrected chi connectivity index (χ3v) is 2.16. The molecule has 0 saturated carbocycles. The molecule has 72 valence electrons. The second kappa shape index (κ2) is 4.45. The average molecular weight is 209 g/mol. The fourth-order valence-corrected chi connectivity index (χ4v) is 1.29. The molecule has 0 fully saturated rings. The van der Waals surface area contributed by atoms with E-state index in [2.05, 4.69) is 9.43 Å². The van der Waals surface area contributed by atoms with Crippen molar-refractivity contribution < 1.29 is 8.42 Å². The molecular formula is C8H7N3O2S. The molecule has 0 spiro atoms. The van der Waals surface area contributed by atoms with Crippen LogP contribution in [-0.4, -0.2) is 8.42 Å². The summed E-state index contributed by atoms with van der Waals surface area (Å²) in [5, 5.41) is 0.863. The smallest absolute Gasteiger partial charge is 0.216 e. The summed E-state index contributed by atoms with van der Waals surface area (Å²) in [7, 11) is -3.80. The lowest BCUT2D eigenvalue weighted by Crippen LogP contribution is -1.85. The van der Waals surface area contributed by atoms with Crippen LogP contribution in [-0.2, 0) is 10.0 Å². The molecule has 0 unspecified atom stereocenters. The van der Waals surface area contributed by atoms with Gasteiger partial charge in [-0.05, 0) is 17.2 Å². The first kappa shape index (κ1) is 10.3. The van der Waals surface area contributed by atoms with Gasteiger partial charge in [-0.2, -0.15) is 0 Å². The fourth-order valence-electron chi connectivity index (χ4n) is 0.807. The SMILES string of the molecule is [N-]=[N+]=NS(=O)(=O)C=Cc1ccccc1. The molecule has 0 aliphatic rings. The monoisotopic (exact) mass is 209 g/mol. The number of nitrogens with zero attached hydrogens (tertiary/aromatic N) is 3. The molecule has 0 aliphatic carbocycles. The van der Waals surface area contributed by atoms with Crippen molar-refractivity contribution >= 4 is 16.1 Å². The summed E-state index contributed by atoms with van der Waals surface area (Å²) in [6.07, 6.45) is 1.37. The summed E-state index contributed by atoms with van der Waals surface area (Å²) in [6.45, 7) is 0. The largest absolute Gasteiger partial charge is 0.257 e. The Hall–Kier alpha value is -1.78. The Labute approximate surface area is 81.4 Å². The van der Waals surface area contributed by atoms with Crippen LogP contribution in [0.3, 0.4) is 0 Å². The van der Waals surface area contributed by atoms with E-state index in [0.29, 0.717) is 0 Å². The van der Waals surface area contributed by atoms with Gasteiger partial charge in [0.05, 0.1) is 0 Å². The Kier molecular flexibility index (Phi) is 3.28. The van der Waals surface area contributed by atoms with Gasteiger partial charge in [-0.15, -0.1) is 0 Å². The molecule has 1 aromatic rings. The van der Waals surface area contributed by atoms with E-state index in [1.807, 2.05) is 6.07 Å². The fraction of sp³-hybridized carbons (Fsp3) is 0. The molecule has 0 aromatic heterocycles. The summed E-state index contributed by atoms with van der Waals surface area (Å²) in [5.74, 6) is 0. The minimum Gasteiger partial charge on any atom is -0.216 e. The first-order valence-electron chi connectivity index (χ1n) is 3.68. The lowest BCUT2D eigenvalue weighted by atomic mass is 10.2. The number of sulfonamides is 1. The van der Waals surface area contributed by atoms with Crippen LogP contribution in [0.15, 0.2) is 40.3 Å². The number of hydrogen-bond donors (Lipinski definition) is 0. The first-order valence-corrected chi connectivity index (χ1v) is 5.19. The average Bonchev–Trinajstić information content (AvgIpc) is 2.17. The molecule has 14 heavy (non-hydrogen) atoms. The zero-order chi connectivity index (χ0) is 10.4. The number of benzene rings is 1. The second-order valence-electron chi connectivity index (χ2n) is 2.40. The van der Waals surface area contributed by atoms with Crippen LogP contribution < -0.4 is 0 Å². The summed E-state index contributed by atoms with van der Waals surface area (Å²) in [6, 6.07) is 8.85. The van der Waals surface area contributed by atoms with Gasteiger partial charge in [-0.25, -0.2) is 8.42 Å². The van der Waals surface area contributed by atoms with Gasteiger partial charge in [0.1, 0.15) is 0 Å². The molecule has 0 radical (unpaired) electrons. The standard InChI is InChI=1S/C8H7N3O2S/c9-10-11-14(12,13)7-6-8-4-2-1-3-5-8/h1-7H. The van der Waals surface area contributed by atoms with Crippen LogP contribution in [0.1, 0.15) is 5.56 Å². The van der Waals surface area contributed by atoms with E-state index in [1.54, 1.807) is 24.3 Å². The quantitative estimate of drug-likeness (QED) is 0.434. The topological polar surface area (TPSA) is 82.9 Å². The Morgan fingerprint density at radius 2 is 1.93 bits per heavy atom. The minimum absolute atomic E-state index is 0.726. The van der Waals surface area contributed by atoms with Crippen molar-refractivity contribution in [2.45, 2.75) is 0 Å².